The Morgan fingerprint density at radius 2 is 2.19 bits per heavy atom. The molecule has 0 fully saturated rings. The van der Waals surface area contributed by atoms with E-state index in [1.807, 2.05) is 0 Å². The summed E-state index contributed by atoms with van der Waals surface area (Å²) in [7, 11) is 0. The predicted molar refractivity (Wildman–Crippen MR) is 68.1 cm³/mol. The zero-order valence-corrected chi connectivity index (χ0v) is 11.3. The third kappa shape index (κ3) is 3.81. The number of aromatic nitrogens is 1. The van der Waals surface area contributed by atoms with Gasteiger partial charge in [-0.2, -0.15) is 0 Å². The second-order valence-corrected chi connectivity index (χ2v) is 5.60. The Balaban J connectivity index is 2.70. The van der Waals surface area contributed by atoms with E-state index in [1.165, 1.54) is 6.20 Å². The molecule has 1 aromatic heterocycles. The number of hydrogen-bond donors (Lipinski definition) is 2. The number of carbonyl (C=O) groups is 1. The Morgan fingerprint density at radius 1 is 1.56 bits per heavy atom. The second-order valence-electron chi connectivity index (χ2n) is 4.85. The minimum atomic E-state index is -0.151. The molecule has 1 rings (SSSR count). The molecule has 0 saturated carbocycles. The van der Waals surface area contributed by atoms with Crippen LogP contribution in [0.2, 0.25) is 0 Å². The first-order valence-electron chi connectivity index (χ1n) is 4.99. The van der Waals surface area contributed by atoms with Gasteiger partial charge in [-0.05, 0) is 27.4 Å². The highest BCUT2D eigenvalue weighted by atomic mass is 79.9. The number of nitrogens with zero attached hydrogens (tertiary/aromatic N) is 1. The van der Waals surface area contributed by atoms with E-state index in [1.54, 1.807) is 6.07 Å². The number of pyridine rings is 1. The smallest absolute Gasteiger partial charge is 0.252 e. The highest BCUT2D eigenvalue weighted by molar-refractivity contribution is 9.10. The zero-order valence-electron chi connectivity index (χ0n) is 9.67. The van der Waals surface area contributed by atoms with Crippen molar-refractivity contribution in [3.05, 3.63) is 22.4 Å². The number of amides is 1. The van der Waals surface area contributed by atoms with E-state index in [0.717, 1.165) is 0 Å². The van der Waals surface area contributed by atoms with Crippen LogP contribution in [0.5, 0.6) is 0 Å². The molecule has 0 bridgehead atoms. The lowest BCUT2D eigenvalue weighted by Gasteiger charge is -2.18. The van der Waals surface area contributed by atoms with Gasteiger partial charge < -0.3 is 11.1 Å². The summed E-state index contributed by atoms with van der Waals surface area (Å²) in [5.74, 6) is -0.151. The van der Waals surface area contributed by atoms with E-state index < -0.39 is 0 Å². The molecule has 0 saturated heterocycles. The van der Waals surface area contributed by atoms with Crippen molar-refractivity contribution in [1.29, 1.82) is 0 Å². The van der Waals surface area contributed by atoms with E-state index in [0.29, 0.717) is 22.4 Å². The van der Waals surface area contributed by atoms with Crippen molar-refractivity contribution in [2.24, 2.45) is 5.41 Å². The van der Waals surface area contributed by atoms with Gasteiger partial charge in [0.15, 0.2) is 0 Å². The van der Waals surface area contributed by atoms with Gasteiger partial charge in [0.2, 0.25) is 0 Å². The monoisotopic (exact) mass is 285 g/mol. The van der Waals surface area contributed by atoms with E-state index in [9.17, 15) is 4.79 Å². The molecule has 3 N–H and O–H groups in total. The van der Waals surface area contributed by atoms with Crippen molar-refractivity contribution in [2.45, 2.75) is 20.8 Å². The number of nitrogen functional groups attached to an aromatic ring is 1. The molecule has 0 aromatic carbocycles. The first-order valence-corrected chi connectivity index (χ1v) is 5.78. The summed E-state index contributed by atoms with van der Waals surface area (Å²) in [5.41, 5.74) is 6.65. The van der Waals surface area contributed by atoms with Crippen LogP contribution in [0.1, 0.15) is 31.1 Å². The van der Waals surface area contributed by atoms with Gasteiger partial charge >= 0.3 is 0 Å². The second kappa shape index (κ2) is 4.82. The number of nitrogens with one attached hydrogen (secondary N) is 1. The Bertz CT molecular complexity index is 399. The van der Waals surface area contributed by atoms with Crippen LogP contribution < -0.4 is 11.1 Å². The van der Waals surface area contributed by atoms with E-state index in [4.69, 9.17) is 5.73 Å². The number of carbonyl (C=O) groups excluding carboxylic acids is 1. The first-order chi connectivity index (χ1) is 7.29. The minimum absolute atomic E-state index is 0.0595. The van der Waals surface area contributed by atoms with E-state index in [2.05, 4.69) is 47.0 Å². The molecular weight excluding hydrogens is 270 g/mol. The lowest BCUT2D eigenvalue weighted by Crippen LogP contribution is -2.32. The molecule has 0 unspecified atom stereocenters. The molecule has 1 heterocycles. The summed E-state index contributed by atoms with van der Waals surface area (Å²) in [6.07, 6.45) is 1.50. The van der Waals surface area contributed by atoms with Crippen LogP contribution in [0.15, 0.2) is 16.9 Å². The van der Waals surface area contributed by atoms with Crippen molar-refractivity contribution in [1.82, 2.24) is 10.3 Å². The topological polar surface area (TPSA) is 68.0 Å². The number of rotatable bonds is 2. The van der Waals surface area contributed by atoms with Crippen molar-refractivity contribution < 1.29 is 4.79 Å². The SMILES string of the molecule is CC(C)(C)CNC(=O)c1cnc(Br)c(N)c1. The fourth-order valence-corrected chi connectivity index (χ4v) is 1.25. The average molecular weight is 286 g/mol. The Labute approximate surface area is 104 Å². The molecule has 0 aliphatic heterocycles. The largest absolute Gasteiger partial charge is 0.397 e. The molecule has 0 radical (unpaired) electrons. The van der Waals surface area contributed by atoms with Gasteiger partial charge in [-0.1, -0.05) is 20.8 Å². The lowest BCUT2D eigenvalue weighted by molar-refractivity contribution is 0.0939. The number of anilines is 1. The number of halogens is 1. The van der Waals surface area contributed by atoms with Crippen LogP contribution in [0, 0.1) is 5.41 Å². The maximum Gasteiger partial charge on any atom is 0.252 e. The van der Waals surface area contributed by atoms with Gasteiger partial charge in [0.05, 0.1) is 11.3 Å². The average Bonchev–Trinajstić information content (AvgIpc) is 2.17. The number of hydrogen-bond acceptors (Lipinski definition) is 3. The Kier molecular flexibility index (Phi) is 3.91. The molecule has 0 atom stereocenters. The van der Waals surface area contributed by atoms with Gasteiger partial charge in [-0.25, -0.2) is 4.98 Å². The standard InChI is InChI=1S/C11H16BrN3O/c1-11(2,3)6-15-10(16)7-4-8(13)9(12)14-5-7/h4-5H,6,13H2,1-3H3,(H,15,16). The van der Waals surface area contributed by atoms with Crippen molar-refractivity contribution >= 4 is 27.5 Å². The zero-order chi connectivity index (χ0) is 12.3. The van der Waals surface area contributed by atoms with E-state index in [-0.39, 0.29) is 11.3 Å². The van der Waals surface area contributed by atoms with Gasteiger partial charge in [-0.3, -0.25) is 4.79 Å². The highest BCUT2D eigenvalue weighted by Gasteiger charge is 2.13. The summed E-state index contributed by atoms with van der Waals surface area (Å²) in [6, 6.07) is 1.61. The van der Waals surface area contributed by atoms with Crippen LogP contribution in [-0.4, -0.2) is 17.4 Å². The van der Waals surface area contributed by atoms with Crippen LogP contribution in [0.3, 0.4) is 0 Å². The third-order valence-corrected chi connectivity index (χ3v) is 2.57. The van der Waals surface area contributed by atoms with Crippen LogP contribution >= 0.6 is 15.9 Å². The number of nitrogens with two attached hydrogens (primary N) is 1. The van der Waals surface area contributed by atoms with E-state index >= 15 is 0 Å². The quantitative estimate of drug-likeness (QED) is 0.819. The summed E-state index contributed by atoms with van der Waals surface area (Å²) in [4.78, 5) is 15.7. The fourth-order valence-electron chi connectivity index (χ4n) is 1.04. The molecule has 88 valence electrons. The Hall–Kier alpha value is -1.10. The van der Waals surface area contributed by atoms with Crippen LogP contribution in [0.4, 0.5) is 5.69 Å². The Morgan fingerprint density at radius 3 is 2.69 bits per heavy atom. The van der Waals surface area contributed by atoms with Gasteiger partial charge in [0.1, 0.15) is 4.60 Å². The summed E-state index contributed by atoms with van der Waals surface area (Å²) in [6.45, 7) is 6.78. The van der Waals surface area contributed by atoms with Gasteiger partial charge in [0, 0.05) is 12.7 Å². The summed E-state index contributed by atoms with van der Waals surface area (Å²) < 4.78 is 0.555. The summed E-state index contributed by atoms with van der Waals surface area (Å²) in [5, 5.41) is 2.84. The van der Waals surface area contributed by atoms with Crippen LogP contribution in [0.25, 0.3) is 0 Å². The predicted octanol–water partition coefficient (Wildman–Crippen LogP) is 2.20. The molecule has 1 amide bonds. The first kappa shape index (κ1) is 13.0. The molecule has 0 aliphatic rings. The molecule has 1 aromatic rings. The highest BCUT2D eigenvalue weighted by Crippen LogP contribution is 2.17. The molecule has 0 spiro atoms. The maximum absolute atomic E-state index is 11.7. The fraction of sp³-hybridized carbons (Fsp3) is 0.455. The third-order valence-electron chi connectivity index (χ3n) is 1.91. The maximum atomic E-state index is 11.7. The molecule has 0 aliphatic carbocycles. The summed E-state index contributed by atoms with van der Waals surface area (Å²) >= 11 is 3.18. The van der Waals surface area contributed by atoms with Gasteiger partial charge in [0.25, 0.3) is 5.91 Å². The van der Waals surface area contributed by atoms with Crippen molar-refractivity contribution in [3.8, 4) is 0 Å². The molecular formula is C11H16BrN3O. The van der Waals surface area contributed by atoms with Crippen molar-refractivity contribution in [3.63, 3.8) is 0 Å². The molecule has 4 nitrogen and oxygen atoms in total. The lowest BCUT2D eigenvalue weighted by atomic mass is 9.97. The normalized spacial score (nSPS) is 11.2. The van der Waals surface area contributed by atoms with Crippen molar-refractivity contribution in [2.75, 3.05) is 12.3 Å². The van der Waals surface area contributed by atoms with Gasteiger partial charge in [-0.15, -0.1) is 0 Å². The molecule has 5 heteroatoms. The molecule has 16 heavy (non-hydrogen) atoms. The van der Waals surface area contributed by atoms with Crippen LogP contribution in [-0.2, 0) is 0 Å². The minimum Gasteiger partial charge on any atom is -0.397 e.